The summed E-state index contributed by atoms with van der Waals surface area (Å²) in [4.78, 5) is 13.2. The van der Waals surface area contributed by atoms with Crippen molar-refractivity contribution in [1.82, 2.24) is 5.32 Å². The van der Waals surface area contributed by atoms with E-state index in [-0.39, 0.29) is 5.91 Å². The van der Waals surface area contributed by atoms with Crippen LogP contribution in [-0.2, 0) is 10.5 Å². The van der Waals surface area contributed by atoms with Gasteiger partial charge in [-0.2, -0.15) is 0 Å². The highest BCUT2D eigenvalue weighted by molar-refractivity contribution is 7.98. The third-order valence-electron chi connectivity index (χ3n) is 3.45. The third kappa shape index (κ3) is 6.08. The number of carbonyl (C=O) groups excluding carboxylic acids is 1. The summed E-state index contributed by atoms with van der Waals surface area (Å²) >= 11 is 1.80. The van der Waals surface area contributed by atoms with Gasteiger partial charge in [0.05, 0.1) is 0 Å². The van der Waals surface area contributed by atoms with Crippen molar-refractivity contribution in [1.29, 1.82) is 0 Å². The molecule has 0 unspecified atom stereocenters. The van der Waals surface area contributed by atoms with Crippen molar-refractivity contribution in [3.8, 4) is 0 Å². The van der Waals surface area contributed by atoms with Crippen molar-refractivity contribution < 1.29 is 9.53 Å². The van der Waals surface area contributed by atoms with Crippen molar-refractivity contribution in [2.45, 2.75) is 24.0 Å². The lowest BCUT2D eigenvalue weighted by Gasteiger charge is -2.06. The number of thioether (sulfide) groups is 1. The predicted octanol–water partition coefficient (Wildman–Crippen LogP) is 4.05. The fourth-order valence-electron chi connectivity index (χ4n) is 2.07. The van der Waals surface area contributed by atoms with Gasteiger partial charge >= 0.3 is 0 Å². The first-order chi connectivity index (χ1) is 11.2. The van der Waals surface area contributed by atoms with Gasteiger partial charge in [-0.25, -0.2) is 0 Å². The molecule has 2 aromatic carbocycles. The SMILES string of the molecule is COCCCNC(=O)c1ccc(CSc2ccc(C)cc2)cc1. The molecule has 0 aromatic heterocycles. The lowest BCUT2D eigenvalue weighted by molar-refractivity contribution is 0.0948. The average molecular weight is 329 g/mol. The topological polar surface area (TPSA) is 38.3 Å². The summed E-state index contributed by atoms with van der Waals surface area (Å²) in [5.41, 5.74) is 3.19. The maximum Gasteiger partial charge on any atom is 0.251 e. The van der Waals surface area contributed by atoms with Crippen molar-refractivity contribution in [3.05, 3.63) is 65.2 Å². The molecule has 0 radical (unpaired) electrons. The molecule has 4 heteroatoms. The van der Waals surface area contributed by atoms with Crippen LogP contribution in [0.25, 0.3) is 0 Å². The van der Waals surface area contributed by atoms with Crippen molar-refractivity contribution >= 4 is 17.7 Å². The first-order valence-corrected chi connectivity index (χ1v) is 8.73. The quantitative estimate of drug-likeness (QED) is 0.586. The Hall–Kier alpha value is -1.78. The first-order valence-electron chi connectivity index (χ1n) is 7.74. The normalized spacial score (nSPS) is 10.5. The number of methoxy groups -OCH3 is 1. The lowest BCUT2D eigenvalue weighted by Crippen LogP contribution is -2.25. The molecule has 122 valence electrons. The second kappa shape index (κ2) is 9.38. The van der Waals surface area contributed by atoms with Crippen molar-refractivity contribution in [2.24, 2.45) is 0 Å². The number of carbonyl (C=O) groups is 1. The van der Waals surface area contributed by atoms with E-state index in [0.29, 0.717) is 18.7 Å². The maximum absolute atomic E-state index is 12.0. The van der Waals surface area contributed by atoms with Gasteiger partial charge < -0.3 is 10.1 Å². The third-order valence-corrected chi connectivity index (χ3v) is 4.54. The lowest BCUT2D eigenvalue weighted by atomic mass is 10.1. The summed E-state index contributed by atoms with van der Waals surface area (Å²) in [6.45, 7) is 3.39. The molecule has 1 N–H and O–H groups in total. The van der Waals surface area contributed by atoms with E-state index in [0.717, 1.165) is 12.2 Å². The number of hydrogen-bond donors (Lipinski definition) is 1. The molecule has 0 fully saturated rings. The van der Waals surface area contributed by atoms with Gasteiger partial charge in [0, 0.05) is 36.5 Å². The van der Waals surface area contributed by atoms with E-state index in [1.54, 1.807) is 18.9 Å². The molecule has 2 rings (SSSR count). The van der Waals surface area contributed by atoms with Gasteiger partial charge in [-0.15, -0.1) is 11.8 Å². The molecule has 0 aliphatic heterocycles. The second-order valence-electron chi connectivity index (χ2n) is 5.40. The van der Waals surface area contributed by atoms with E-state index >= 15 is 0 Å². The first kappa shape index (κ1) is 17.6. The van der Waals surface area contributed by atoms with E-state index in [9.17, 15) is 4.79 Å². The molecule has 0 heterocycles. The fourth-order valence-corrected chi connectivity index (χ4v) is 2.93. The van der Waals surface area contributed by atoms with Crippen LogP contribution in [-0.4, -0.2) is 26.2 Å². The summed E-state index contributed by atoms with van der Waals surface area (Å²) in [6.07, 6.45) is 0.827. The van der Waals surface area contributed by atoms with E-state index < -0.39 is 0 Å². The molecule has 0 saturated carbocycles. The smallest absolute Gasteiger partial charge is 0.251 e. The molecule has 0 spiro atoms. The van der Waals surface area contributed by atoms with E-state index in [2.05, 4.69) is 36.5 Å². The van der Waals surface area contributed by atoms with E-state index in [1.807, 2.05) is 24.3 Å². The van der Waals surface area contributed by atoms with Gasteiger partial charge in [0.2, 0.25) is 0 Å². The molecular weight excluding hydrogens is 306 g/mol. The Labute approximate surface area is 142 Å². The van der Waals surface area contributed by atoms with Crippen LogP contribution in [0.4, 0.5) is 0 Å². The number of benzene rings is 2. The van der Waals surface area contributed by atoms with Crippen LogP contribution in [0.15, 0.2) is 53.4 Å². The molecule has 1 amide bonds. The van der Waals surface area contributed by atoms with Crippen LogP contribution in [0.5, 0.6) is 0 Å². The molecule has 2 aromatic rings. The Morgan fingerprint density at radius 2 is 1.78 bits per heavy atom. The highest BCUT2D eigenvalue weighted by Gasteiger charge is 2.04. The van der Waals surface area contributed by atoms with Crippen LogP contribution >= 0.6 is 11.8 Å². The summed E-state index contributed by atoms with van der Waals surface area (Å²) in [6, 6.07) is 16.3. The molecule has 0 bridgehead atoms. The standard InChI is InChI=1S/C19H23NO2S/c1-15-4-10-18(11-5-15)23-14-16-6-8-17(9-7-16)19(21)20-12-3-13-22-2/h4-11H,3,12-14H2,1-2H3,(H,20,21). The van der Waals surface area contributed by atoms with Crippen LogP contribution in [0.2, 0.25) is 0 Å². The van der Waals surface area contributed by atoms with Crippen molar-refractivity contribution in [3.63, 3.8) is 0 Å². The minimum absolute atomic E-state index is 0.0289. The van der Waals surface area contributed by atoms with Gasteiger partial charge in [0.25, 0.3) is 5.91 Å². The van der Waals surface area contributed by atoms with Gasteiger partial charge in [-0.3, -0.25) is 4.79 Å². The van der Waals surface area contributed by atoms with Crippen LogP contribution in [0.1, 0.15) is 27.9 Å². The molecule has 0 aliphatic rings. The highest BCUT2D eigenvalue weighted by Crippen LogP contribution is 2.23. The highest BCUT2D eigenvalue weighted by atomic mass is 32.2. The van der Waals surface area contributed by atoms with E-state index in [1.165, 1.54) is 16.0 Å². The Morgan fingerprint density at radius 1 is 1.09 bits per heavy atom. The predicted molar refractivity (Wildman–Crippen MR) is 96.0 cm³/mol. The zero-order chi connectivity index (χ0) is 16.5. The summed E-state index contributed by atoms with van der Waals surface area (Å²) in [7, 11) is 1.66. The zero-order valence-electron chi connectivity index (χ0n) is 13.7. The fraction of sp³-hybridized carbons (Fsp3) is 0.316. The van der Waals surface area contributed by atoms with Gasteiger partial charge in [0.15, 0.2) is 0 Å². The summed E-state index contributed by atoms with van der Waals surface area (Å²) in [5, 5.41) is 2.89. The minimum atomic E-state index is -0.0289. The number of aryl methyl sites for hydroxylation is 1. The molecule has 3 nitrogen and oxygen atoms in total. The molecule has 0 atom stereocenters. The zero-order valence-corrected chi connectivity index (χ0v) is 14.5. The molecule has 0 saturated heterocycles. The van der Waals surface area contributed by atoms with Crippen LogP contribution < -0.4 is 5.32 Å². The van der Waals surface area contributed by atoms with Crippen molar-refractivity contribution in [2.75, 3.05) is 20.3 Å². The Morgan fingerprint density at radius 3 is 2.43 bits per heavy atom. The van der Waals surface area contributed by atoms with Gasteiger partial charge in [-0.1, -0.05) is 29.8 Å². The molecule has 0 aliphatic carbocycles. The number of ether oxygens (including phenoxy) is 1. The van der Waals surface area contributed by atoms with Crippen LogP contribution in [0.3, 0.4) is 0 Å². The monoisotopic (exact) mass is 329 g/mol. The Bertz CT molecular complexity index is 608. The molecule has 23 heavy (non-hydrogen) atoms. The number of rotatable bonds is 8. The van der Waals surface area contributed by atoms with E-state index in [4.69, 9.17) is 4.74 Å². The number of nitrogens with one attached hydrogen (secondary N) is 1. The summed E-state index contributed by atoms with van der Waals surface area (Å²) in [5.74, 6) is 0.873. The largest absolute Gasteiger partial charge is 0.385 e. The Kier molecular flexibility index (Phi) is 7.17. The number of hydrogen-bond acceptors (Lipinski definition) is 3. The number of amides is 1. The van der Waals surface area contributed by atoms with Crippen LogP contribution in [0, 0.1) is 6.92 Å². The maximum atomic E-state index is 12.0. The minimum Gasteiger partial charge on any atom is -0.385 e. The Balaban J connectivity index is 1.81. The summed E-state index contributed by atoms with van der Waals surface area (Å²) < 4.78 is 4.96. The van der Waals surface area contributed by atoms with Gasteiger partial charge in [-0.05, 0) is 43.2 Å². The van der Waals surface area contributed by atoms with Gasteiger partial charge in [0.1, 0.15) is 0 Å². The average Bonchev–Trinajstić information content (AvgIpc) is 2.58. The second-order valence-corrected chi connectivity index (χ2v) is 6.45. The molecular formula is C19H23NO2S.